The molecule has 1 aliphatic heterocycles. The number of hydrogen-bond acceptors (Lipinski definition) is 4. The van der Waals surface area contributed by atoms with Crippen molar-refractivity contribution in [2.45, 2.75) is 32.7 Å². The highest BCUT2D eigenvalue weighted by Crippen LogP contribution is 2.22. The molecule has 0 bridgehead atoms. The molecule has 0 fully saturated rings. The first kappa shape index (κ1) is 13.6. The second-order valence-corrected chi connectivity index (χ2v) is 5.87. The van der Waals surface area contributed by atoms with E-state index in [1.54, 1.807) is 6.20 Å². The Kier molecular flexibility index (Phi) is 4.08. The predicted octanol–water partition coefficient (Wildman–Crippen LogP) is 2.90. The summed E-state index contributed by atoms with van der Waals surface area (Å²) in [5.74, 6) is 0.751. The molecule has 4 nitrogen and oxygen atoms in total. The molecule has 0 spiro atoms. The van der Waals surface area contributed by atoms with E-state index in [9.17, 15) is 0 Å². The molecule has 3 heterocycles. The van der Waals surface area contributed by atoms with Crippen molar-refractivity contribution in [3.05, 3.63) is 39.8 Å². The second kappa shape index (κ2) is 5.97. The van der Waals surface area contributed by atoms with Gasteiger partial charge < -0.3 is 5.32 Å². The minimum absolute atomic E-state index is 0.751. The summed E-state index contributed by atoms with van der Waals surface area (Å²) < 4.78 is 0.970. The molecule has 0 aliphatic carbocycles. The van der Waals surface area contributed by atoms with Crippen LogP contribution in [0.15, 0.2) is 22.8 Å². The SMILES string of the molecule is CCCc1nc(-c2ccc(Br)cn2)nc2c1CNCC2. The molecular formula is C15H17BrN4. The van der Waals surface area contributed by atoms with Crippen LogP contribution in [0.4, 0.5) is 0 Å². The highest BCUT2D eigenvalue weighted by atomic mass is 79.9. The van der Waals surface area contributed by atoms with Crippen molar-refractivity contribution in [1.29, 1.82) is 0 Å². The topological polar surface area (TPSA) is 50.7 Å². The van der Waals surface area contributed by atoms with E-state index in [1.165, 1.54) is 17.0 Å². The van der Waals surface area contributed by atoms with Crippen LogP contribution >= 0.6 is 15.9 Å². The summed E-state index contributed by atoms with van der Waals surface area (Å²) in [4.78, 5) is 13.9. The third kappa shape index (κ3) is 2.74. The molecule has 0 unspecified atom stereocenters. The smallest absolute Gasteiger partial charge is 0.178 e. The van der Waals surface area contributed by atoms with Crippen LogP contribution in [0.2, 0.25) is 0 Å². The molecule has 0 aromatic carbocycles. The van der Waals surface area contributed by atoms with Gasteiger partial charge >= 0.3 is 0 Å². The first-order valence-corrected chi connectivity index (χ1v) is 7.78. The summed E-state index contributed by atoms with van der Waals surface area (Å²) in [6, 6.07) is 3.94. The molecule has 3 rings (SSSR count). The van der Waals surface area contributed by atoms with Crippen molar-refractivity contribution < 1.29 is 0 Å². The van der Waals surface area contributed by atoms with E-state index in [-0.39, 0.29) is 0 Å². The largest absolute Gasteiger partial charge is 0.312 e. The lowest BCUT2D eigenvalue weighted by atomic mass is 10.0. The van der Waals surface area contributed by atoms with Crippen molar-refractivity contribution in [1.82, 2.24) is 20.3 Å². The maximum atomic E-state index is 4.75. The Hall–Kier alpha value is -1.33. The predicted molar refractivity (Wildman–Crippen MR) is 82.4 cm³/mol. The average molecular weight is 333 g/mol. The second-order valence-electron chi connectivity index (χ2n) is 4.96. The molecule has 20 heavy (non-hydrogen) atoms. The minimum atomic E-state index is 0.751. The van der Waals surface area contributed by atoms with E-state index in [0.29, 0.717) is 0 Å². The van der Waals surface area contributed by atoms with Gasteiger partial charge in [-0.1, -0.05) is 13.3 Å². The Balaban J connectivity index is 2.07. The third-order valence-electron chi connectivity index (χ3n) is 3.46. The summed E-state index contributed by atoms with van der Waals surface area (Å²) in [6.45, 7) is 4.06. The van der Waals surface area contributed by atoms with Gasteiger partial charge in [-0.05, 0) is 34.5 Å². The Morgan fingerprint density at radius 1 is 1.30 bits per heavy atom. The molecule has 1 N–H and O–H groups in total. The van der Waals surface area contributed by atoms with Gasteiger partial charge in [0.1, 0.15) is 5.69 Å². The van der Waals surface area contributed by atoms with Crippen molar-refractivity contribution in [2.24, 2.45) is 0 Å². The zero-order valence-electron chi connectivity index (χ0n) is 11.5. The molecular weight excluding hydrogens is 316 g/mol. The summed E-state index contributed by atoms with van der Waals surface area (Å²) in [7, 11) is 0. The average Bonchev–Trinajstić information content (AvgIpc) is 2.48. The van der Waals surface area contributed by atoms with Crippen molar-refractivity contribution in [2.75, 3.05) is 6.54 Å². The van der Waals surface area contributed by atoms with E-state index in [1.807, 2.05) is 12.1 Å². The van der Waals surface area contributed by atoms with Gasteiger partial charge in [0.05, 0.1) is 5.69 Å². The van der Waals surface area contributed by atoms with E-state index >= 15 is 0 Å². The number of aryl methyl sites for hydroxylation is 1. The summed E-state index contributed by atoms with van der Waals surface area (Å²) in [5.41, 5.74) is 4.48. The quantitative estimate of drug-likeness (QED) is 0.938. The van der Waals surface area contributed by atoms with Crippen LogP contribution in [-0.2, 0) is 19.4 Å². The van der Waals surface area contributed by atoms with E-state index in [2.05, 4.69) is 33.2 Å². The summed E-state index contributed by atoms with van der Waals surface area (Å²) in [5, 5.41) is 3.40. The van der Waals surface area contributed by atoms with Crippen LogP contribution in [0.1, 0.15) is 30.3 Å². The van der Waals surface area contributed by atoms with Gasteiger partial charge in [0, 0.05) is 41.4 Å². The Labute approximate surface area is 127 Å². The Morgan fingerprint density at radius 3 is 2.95 bits per heavy atom. The standard InChI is InChI=1S/C15H17BrN4/c1-2-3-12-11-9-17-7-6-13(11)20-15(19-12)14-5-4-10(16)8-18-14/h4-5,8,17H,2-3,6-7,9H2,1H3. The number of nitrogens with one attached hydrogen (secondary N) is 1. The molecule has 0 amide bonds. The maximum absolute atomic E-state index is 4.75. The van der Waals surface area contributed by atoms with Gasteiger partial charge in [0.15, 0.2) is 5.82 Å². The van der Waals surface area contributed by atoms with Crippen LogP contribution < -0.4 is 5.32 Å². The van der Waals surface area contributed by atoms with Gasteiger partial charge in [0.2, 0.25) is 0 Å². The first-order chi connectivity index (χ1) is 9.78. The monoisotopic (exact) mass is 332 g/mol. The normalized spacial score (nSPS) is 14.1. The molecule has 104 valence electrons. The number of halogens is 1. The number of pyridine rings is 1. The van der Waals surface area contributed by atoms with Crippen LogP contribution in [0.25, 0.3) is 11.5 Å². The minimum Gasteiger partial charge on any atom is -0.312 e. The number of rotatable bonds is 3. The van der Waals surface area contributed by atoms with E-state index in [0.717, 1.165) is 48.3 Å². The molecule has 1 aliphatic rings. The maximum Gasteiger partial charge on any atom is 0.178 e. The van der Waals surface area contributed by atoms with Crippen LogP contribution in [-0.4, -0.2) is 21.5 Å². The van der Waals surface area contributed by atoms with Crippen LogP contribution in [0.5, 0.6) is 0 Å². The number of aromatic nitrogens is 3. The fraction of sp³-hybridized carbons (Fsp3) is 0.400. The van der Waals surface area contributed by atoms with Crippen molar-refractivity contribution in [3.63, 3.8) is 0 Å². The first-order valence-electron chi connectivity index (χ1n) is 6.99. The fourth-order valence-electron chi connectivity index (χ4n) is 2.48. The number of hydrogen-bond donors (Lipinski definition) is 1. The number of nitrogens with zero attached hydrogens (tertiary/aromatic N) is 3. The lowest BCUT2D eigenvalue weighted by molar-refractivity contribution is 0.615. The molecule has 0 radical (unpaired) electrons. The molecule has 5 heteroatoms. The zero-order valence-corrected chi connectivity index (χ0v) is 13.1. The highest BCUT2D eigenvalue weighted by Gasteiger charge is 2.17. The van der Waals surface area contributed by atoms with Gasteiger partial charge in [0.25, 0.3) is 0 Å². The van der Waals surface area contributed by atoms with Gasteiger partial charge in [-0.2, -0.15) is 0 Å². The molecule has 0 saturated heterocycles. The lowest BCUT2D eigenvalue weighted by Crippen LogP contribution is -2.26. The Morgan fingerprint density at radius 2 is 2.20 bits per heavy atom. The highest BCUT2D eigenvalue weighted by molar-refractivity contribution is 9.10. The van der Waals surface area contributed by atoms with Crippen molar-refractivity contribution >= 4 is 15.9 Å². The lowest BCUT2D eigenvalue weighted by Gasteiger charge is -2.19. The van der Waals surface area contributed by atoms with E-state index < -0.39 is 0 Å². The molecule has 0 saturated carbocycles. The third-order valence-corrected chi connectivity index (χ3v) is 3.93. The number of fused-ring (bicyclic) bond motifs is 1. The van der Waals surface area contributed by atoms with Crippen LogP contribution in [0.3, 0.4) is 0 Å². The van der Waals surface area contributed by atoms with Crippen LogP contribution in [0, 0.1) is 0 Å². The molecule has 2 aromatic heterocycles. The Bertz CT molecular complexity index is 610. The van der Waals surface area contributed by atoms with E-state index in [4.69, 9.17) is 9.97 Å². The molecule has 2 aromatic rings. The zero-order chi connectivity index (χ0) is 13.9. The van der Waals surface area contributed by atoms with Crippen molar-refractivity contribution in [3.8, 4) is 11.5 Å². The fourth-order valence-corrected chi connectivity index (χ4v) is 2.71. The summed E-state index contributed by atoms with van der Waals surface area (Å²) in [6.07, 6.45) is 4.85. The van der Waals surface area contributed by atoms with Gasteiger partial charge in [-0.15, -0.1) is 0 Å². The van der Waals surface area contributed by atoms with Gasteiger partial charge in [-0.3, -0.25) is 4.98 Å². The summed E-state index contributed by atoms with van der Waals surface area (Å²) >= 11 is 3.41. The molecule has 0 atom stereocenters. The van der Waals surface area contributed by atoms with Gasteiger partial charge in [-0.25, -0.2) is 9.97 Å².